The molecule has 4 heteroatoms. The quantitative estimate of drug-likeness (QED) is 0.766. The van der Waals surface area contributed by atoms with Crippen molar-refractivity contribution >= 4 is 15.9 Å². The van der Waals surface area contributed by atoms with Crippen molar-refractivity contribution in [3.05, 3.63) is 40.4 Å². The molecular weight excluding hydrogens is 295 g/mol. The van der Waals surface area contributed by atoms with Crippen molar-refractivity contribution in [2.75, 3.05) is 0 Å². The van der Waals surface area contributed by atoms with Crippen molar-refractivity contribution in [3.63, 3.8) is 0 Å². The SMILES string of the molecule is CC1CCCn2c(-c3cccc(F)c3)nc(Br)c21. The van der Waals surface area contributed by atoms with Gasteiger partial charge in [0.15, 0.2) is 0 Å². The maximum Gasteiger partial charge on any atom is 0.141 e. The summed E-state index contributed by atoms with van der Waals surface area (Å²) in [5, 5.41) is 0. The molecule has 0 amide bonds. The molecule has 0 bridgehead atoms. The maximum atomic E-state index is 13.3. The molecule has 0 saturated heterocycles. The molecule has 0 N–H and O–H groups in total. The first-order valence-electron chi connectivity index (χ1n) is 6.18. The van der Waals surface area contributed by atoms with Gasteiger partial charge in [-0.2, -0.15) is 0 Å². The average Bonchev–Trinajstić information content (AvgIpc) is 2.68. The molecule has 0 fully saturated rings. The Morgan fingerprint density at radius 1 is 1.44 bits per heavy atom. The molecule has 2 heterocycles. The predicted octanol–water partition coefficient (Wildman–Crippen LogP) is 4.35. The Morgan fingerprint density at radius 3 is 3.06 bits per heavy atom. The van der Waals surface area contributed by atoms with Crippen LogP contribution in [0.25, 0.3) is 11.4 Å². The molecule has 2 nitrogen and oxygen atoms in total. The lowest BCUT2D eigenvalue weighted by Crippen LogP contribution is -2.14. The van der Waals surface area contributed by atoms with Gasteiger partial charge in [0.05, 0.1) is 5.69 Å². The van der Waals surface area contributed by atoms with Crippen LogP contribution in [0.15, 0.2) is 28.9 Å². The van der Waals surface area contributed by atoms with Gasteiger partial charge in [0, 0.05) is 12.1 Å². The first-order valence-corrected chi connectivity index (χ1v) is 6.98. The van der Waals surface area contributed by atoms with E-state index in [0.717, 1.165) is 29.0 Å². The lowest BCUT2D eigenvalue weighted by Gasteiger charge is -2.22. The zero-order valence-corrected chi connectivity index (χ0v) is 11.7. The molecule has 94 valence electrons. The van der Waals surface area contributed by atoms with Crippen LogP contribution in [-0.2, 0) is 6.54 Å². The molecule has 2 aromatic rings. The van der Waals surface area contributed by atoms with Gasteiger partial charge in [-0.25, -0.2) is 9.37 Å². The zero-order valence-electron chi connectivity index (χ0n) is 10.2. The number of aromatic nitrogens is 2. The Kier molecular flexibility index (Phi) is 2.98. The molecule has 18 heavy (non-hydrogen) atoms. The van der Waals surface area contributed by atoms with E-state index < -0.39 is 0 Å². The van der Waals surface area contributed by atoms with Gasteiger partial charge in [-0.15, -0.1) is 0 Å². The van der Waals surface area contributed by atoms with Crippen LogP contribution >= 0.6 is 15.9 Å². The number of nitrogens with zero attached hydrogens (tertiary/aromatic N) is 2. The predicted molar refractivity (Wildman–Crippen MR) is 73.0 cm³/mol. The largest absolute Gasteiger partial charge is 0.327 e. The molecule has 1 aliphatic rings. The molecular formula is C14H14BrFN2. The summed E-state index contributed by atoms with van der Waals surface area (Å²) < 4.78 is 16.4. The smallest absolute Gasteiger partial charge is 0.141 e. The van der Waals surface area contributed by atoms with E-state index in [1.165, 1.54) is 18.2 Å². The van der Waals surface area contributed by atoms with Crippen LogP contribution in [0.1, 0.15) is 31.4 Å². The van der Waals surface area contributed by atoms with E-state index in [4.69, 9.17) is 0 Å². The molecule has 0 saturated carbocycles. The van der Waals surface area contributed by atoms with Crippen molar-refractivity contribution in [2.45, 2.75) is 32.2 Å². The van der Waals surface area contributed by atoms with E-state index in [9.17, 15) is 4.39 Å². The van der Waals surface area contributed by atoms with E-state index in [1.807, 2.05) is 6.07 Å². The van der Waals surface area contributed by atoms with Crippen molar-refractivity contribution in [1.82, 2.24) is 9.55 Å². The third-order valence-electron chi connectivity index (χ3n) is 3.53. The van der Waals surface area contributed by atoms with Gasteiger partial charge >= 0.3 is 0 Å². The summed E-state index contributed by atoms with van der Waals surface area (Å²) in [6, 6.07) is 6.64. The molecule has 0 spiro atoms. The summed E-state index contributed by atoms with van der Waals surface area (Å²) in [4.78, 5) is 4.57. The van der Waals surface area contributed by atoms with Gasteiger partial charge in [0.1, 0.15) is 16.2 Å². The monoisotopic (exact) mass is 308 g/mol. The summed E-state index contributed by atoms with van der Waals surface area (Å²) in [5.74, 6) is 1.15. The summed E-state index contributed by atoms with van der Waals surface area (Å²) in [5.41, 5.74) is 2.08. The molecule has 1 aromatic carbocycles. The Balaban J connectivity index is 2.16. The second-order valence-electron chi connectivity index (χ2n) is 4.82. The number of hydrogen-bond donors (Lipinski definition) is 0. The summed E-state index contributed by atoms with van der Waals surface area (Å²) in [6.07, 6.45) is 2.34. The topological polar surface area (TPSA) is 17.8 Å². The molecule has 1 atom stereocenters. The summed E-state index contributed by atoms with van der Waals surface area (Å²) in [7, 11) is 0. The molecule has 0 radical (unpaired) electrons. The Labute approximate surface area is 114 Å². The van der Waals surface area contributed by atoms with E-state index in [0.29, 0.717) is 5.92 Å². The van der Waals surface area contributed by atoms with Gasteiger partial charge in [0.2, 0.25) is 0 Å². The van der Waals surface area contributed by atoms with Crippen LogP contribution in [-0.4, -0.2) is 9.55 Å². The number of benzene rings is 1. The summed E-state index contributed by atoms with van der Waals surface area (Å²) in [6.45, 7) is 3.18. The second kappa shape index (κ2) is 4.50. The second-order valence-corrected chi connectivity index (χ2v) is 5.57. The fourth-order valence-electron chi connectivity index (χ4n) is 2.67. The zero-order chi connectivity index (χ0) is 12.7. The summed E-state index contributed by atoms with van der Waals surface area (Å²) >= 11 is 3.53. The highest BCUT2D eigenvalue weighted by atomic mass is 79.9. The fraction of sp³-hybridized carbons (Fsp3) is 0.357. The number of hydrogen-bond acceptors (Lipinski definition) is 1. The van der Waals surface area contributed by atoms with Gasteiger partial charge in [-0.05, 0) is 46.8 Å². The van der Waals surface area contributed by atoms with Crippen LogP contribution < -0.4 is 0 Å². The number of fused-ring (bicyclic) bond motifs is 1. The molecule has 0 aliphatic carbocycles. The van der Waals surface area contributed by atoms with Gasteiger partial charge in [0.25, 0.3) is 0 Å². The normalized spacial score (nSPS) is 18.7. The lowest BCUT2D eigenvalue weighted by atomic mass is 9.98. The van der Waals surface area contributed by atoms with E-state index in [2.05, 4.69) is 32.4 Å². The highest BCUT2D eigenvalue weighted by Gasteiger charge is 2.24. The van der Waals surface area contributed by atoms with E-state index in [-0.39, 0.29) is 5.82 Å². The highest BCUT2D eigenvalue weighted by Crippen LogP contribution is 2.36. The van der Waals surface area contributed by atoms with Crippen LogP contribution in [0.4, 0.5) is 4.39 Å². The van der Waals surface area contributed by atoms with Gasteiger partial charge in [-0.3, -0.25) is 0 Å². The van der Waals surface area contributed by atoms with Crippen LogP contribution in [0, 0.1) is 5.82 Å². The minimum Gasteiger partial charge on any atom is -0.327 e. The Bertz CT molecular complexity index is 591. The minimum absolute atomic E-state index is 0.218. The third-order valence-corrected chi connectivity index (χ3v) is 4.11. The Morgan fingerprint density at radius 2 is 2.28 bits per heavy atom. The first kappa shape index (κ1) is 11.9. The molecule has 1 aromatic heterocycles. The van der Waals surface area contributed by atoms with Gasteiger partial charge < -0.3 is 4.57 Å². The average molecular weight is 309 g/mol. The van der Waals surface area contributed by atoms with Crippen molar-refractivity contribution in [3.8, 4) is 11.4 Å². The van der Waals surface area contributed by atoms with E-state index in [1.54, 1.807) is 12.1 Å². The van der Waals surface area contributed by atoms with Crippen molar-refractivity contribution in [2.24, 2.45) is 0 Å². The molecule has 1 unspecified atom stereocenters. The Hall–Kier alpha value is -1.16. The first-order chi connectivity index (χ1) is 8.66. The minimum atomic E-state index is -0.218. The fourth-order valence-corrected chi connectivity index (χ4v) is 3.44. The van der Waals surface area contributed by atoms with Crippen molar-refractivity contribution in [1.29, 1.82) is 0 Å². The standard InChI is InChI=1S/C14H14BrFN2/c1-9-4-3-7-18-12(9)13(15)17-14(18)10-5-2-6-11(16)8-10/h2,5-6,8-9H,3-4,7H2,1H3. The molecule has 1 aliphatic heterocycles. The van der Waals surface area contributed by atoms with Crippen LogP contribution in [0.2, 0.25) is 0 Å². The number of imidazole rings is 1. The van der Waals surface area contributed by atoms with Crippen LogP contribution in [0.3, 0.4) is 0 Å². The highest BCUT2D eigenvalue weighted by molar-refractivity contribution is 9.10. The van der Waals surface area contributed by atoms with Gasteiger partial charge in [-0.1, -0.05) is 19.1 Å². The van der Waals surface area contributed by atoms with Crippen molar-refractivity contribution < 1.29 is 4.39 Å². The van der Waals surface area contributed by atoms with Crippen LogP contribution in [0.5, 0.6) is 0 Å². The molecule has 3 rings (SSSR count). The third kappa shape index (κ3) is 1.88. The maximum absolute atomic E-state index is 13.3. The lowest BCUT2D eigenvalue weighted by molar-refractivity contribution is 0.476. The number of halogens is 2. The van der Waals surface area contributed by atoms with E-state index >= 15 is 0 Å². The number of rotatable bonds is 1.